The van der Waals surface area contributed by atoms with E-state index in [1.807, 2.05) is 66.7 Å². The number of nitrogens with zero attached hydrogens (tertiary/aromatic N) is 2. The average Bonchev–Trinajstić information content (AvgIpc) is 3.63. The minimum atomic E-state index is 0.643. The monoisotopic (exact) mass is 514 g/mol. The Morgan fingerprint density at radius 2 is 1.05 bits per heavy atom. The summed E-state index contributed by atoms with van der Waals surface area (Å²) in [5.74, 6) is 1.35. The minimum absolute atomic E-state index is 0.643. The zero-order chi connectivity index (χ0) is 26.5. The summed E-state index contributed by atoms with van der Waals surface area (Å²) in [4.78, 5) is 10.0. The number of furan rings is 2. The Kier molecular flexibility index (Phi) is 5.10. The smallest absolute Gasteiger partial charge is 0.160 e. The van der Waals surface area contributed by atoms with Gasteiger partial charge in [-0.05, 0) is 53.6 Å². The number of hydrogen-bond acceptors (Lipinski definition) is 4. The van der Waals surface area contributed by atoms with Crippen molar-refractivity contribution in [2.24, 2.45) is 0 Å². The van der Waals surface area contributed by atoms with Gasteiger partial charge in [-0.3, -0.25) is 0 Å². The third-order valence-electron chi connectivity index (χ3n) is 7.33. The van der Waals surface area contributed by atoms with E-state index in [2.05, 4.69) is 66.7 Å². The van der Waals surface area contributed by atoms with Gasteiger partial charge in [-0.15, -0.1) is 0 Å². The predicted molar refractivity (Wildman–Crippen MR) is 161 cm³/mol. The third-order valence-corrected chi connectivity index (χ3v) is 7.33. The first kappa shape index (κ1) is 22.5. The molecular formula is C36H22N2O2. The lowest BCUT2D eigenvalue weighted by Gasteiger charge is -2.09. The predicted octanol–water partition coefficient (Wildman–Crippen LogP) is 9.79. The Balaban J connectivity index is 1.29. The van der Waals surface area contributed by atoms with Crippen molar-refractivity contribution in [2.45, 2.75) is 0 Å². The molecule has 5 aromatic carbocycles. The molecule has 8 rings (SSSR count). The van der Waals surface area contributed by atoms with Gasteiger partial charge in [0.05, 0.1) is 5.69 Å². The molecule has 0 saturated carbocycles. The Morgan fingerprint density at radius 3 is 1.90 bits per heavy atom. The molecule has 4 nitrogen and oxygen atoms in total. The summed E-state index contributed by atoms with van der Waals surface area (Å²) in [6.07, 6.45) is 0. The largest absolute Gasteiger partial charge is 0.456 e. The van der Waals surface area contributed by atoms with Crippen LogP contribution in [0.1, 0.15) is 0 Å². The van der Waals surface area contributed by atoms with Crippen molar-refractivity contribution < 1.29 is 8.83 Å². The van der Waals surface area contributed by atoms with Crippen LogP contribution in [0.2, 0.25) is 0 Å². The van der Waals surface area contributed by atoms with Crippen molar-refractivity contribution in [3.8, 4) is 45.2 Å². The number of fused-ring (bicyclic) bond motifs is 4. The van der Waals surface area contributed by atoms with Gasteiger partial charge in [0, 0.05) is 27.3 Å². The minimum Gasteiger partial charge on any atom is -0.456 e. The molecule has 0 aliphatic carbocycles. The molecule has 3 aromatic heterocycles. The highest BCUT2D eigenvalue weighted by atomic mass is 16.3. The molecule has 0 saturated heterocycles. The summed E-state index contributed by atoms with van der Waals surface area (Å²) in [7, 11) is 0. The number of benzene rings is 5. The van der Waals surface area contributed by atoms with Gasteiger partial charge in [0.15, 0.2) is 11.6 Å². The van der Waals surface area contributed by atoms with Crippen LogP contribution in [0, 0.1) is 0 Å². The quantitative estimate of drug-likeness (QED) is 0.234. The summed E-state index contributed by atoms with van der Waals surface area (Å²) in [6, 6.07) is 45.1. The summed E-state index contributed by atoms with van der Waals surface area (Å²) in [5, 5.41) is 3.19. The van der Waals surface area contributed by atoms with Crippen LogP contribution in [0.25, 0.3) is 78.1 Å². The molecule has 8 aromatic rings. The van der Waals surface area contributed by atoms with Crippen molar-refractivity contribution in [2.75, 3.05) is 0 Å². The Hall–Kier alpha value is -5.48. The number of hydrogen-bond donors (Lipinski definition) is 0. The number of aromatic nitrogens is 2. The van der Waals surface area contributed by atoms with Crippen LogP contribution < -0.4 is 0 Å². The van der Waals surface area contributed by atoms with Gasteiger partial charge in [-0.2, -0.15) is 0 Å². The van der Waals surface area contributed by atoms with Gasteiger partial charge < -0.3 is 8.83 Å². The van der Waals surface area contributed by atoms with E-state index in [0.717, 1.165) is 61.0 Å². The molecule has 0 bridgehead atoms. The van der Waals surface area contributed by atoms with Crippen molar-refractivity contribution in [1.82, 2.24) is 9.97 Å². The van der Waals surface area contributed by atoms with Crippen LogP contribution in [0.4, 0.5) is 0 Å². The zero-order valence-electron chi connectivity index (χ0n) is 21.4. The molecule has 0 amide bonds. The molecule has 188 valence electrons. The molecule has 40 heavy (non-hydrogen) atoms. The highest BCUT2D eigenvalue weighted by Crippen LogP contribution is 2.35. The Morgan fingerprint density at radius 1 is 0.400 bits per heavy atom. The summed E-state index contributed by atoms with van der Waals surface area (Å²) < 4.78 is 12.3. The van der Waals surface area contributed by atoms with E-state index in [0.29, 0.717) is 11.6 Å². The van der Waals surface area contributed by atoms with Gasteiger partial charge in [-0.1, -0.05) is 91.0 Å². The average molecular weight is 515 g/mol. The molecule has 0 aliphatic heterocycles. The maximum atomic E-state index is 6.22. The van der Waals surface area contributed by atoms with Crippen LogP contribution in [0.3, 0.4) is 0 Å². The summed E-state index contributed by atoms with van der Waals surface area (Å²) in [5.41, 5.74) is 8.36. The SMILES string of the molecule is c1ccc(-c2ccc(-c3nc(-c4ccc5oc6ccccc6c5c4)cc(-c4cc5ccccc5o4)n3)cc2)cc1. The Labute approximate surface area is 230 Å². The van der Waals surface area contributed by atoms with Gasteiger partial charge in [-0.25, -0.2) is 9.97 Å². The van der Waals surface area contributed by atoms with E-state index in [1.54, 1.807) is 0 Å². The van der Waals surface area contributed by atoms with E-state index in [-0.39, 0.29) is 0 Å². The fourth-order valence-corrected chi connectivity index (χ4v) is 5.29. The van der Waals surface area contributed by atoms with Gasteiger partial charge in [0.2, 0.25) is 0 Å². The van der Waals surface area contributed by atoms with Crippen molar-refractivity contribution in [1.29, 1.82) is 0 Å². The molecular weight excluding hydrogens is 492 g/mol. The van der Waals surface area contributed by atoms with Crippen molar-refractivity contribution >= 4 is 32.9 Å². The first-order valence-corrected chi connectivity index (χ1v) is 13.2. The maximum Gasteiger partial charge on any atom is 0.160 e. The first-order valence-electron chi connectivity index (χ1n) is 13.2. The molecule has 0 N–H and O–H groups in total. The second kappa shape index (κ2) is 9.07. The van der Waals surface area contributed by atoms with Crippen LogP contribution in [0.5, 0.6) is 0 Å². The van der Waals surface area contributed by atoms with Crippen LogP contribution in [0.15, 0.2) is 142 Å². The molecule has 0 fully saturated rings. The first-order chi connectivity index (χ1) is 19.8. The second-order valence-corrected chi connectivity index (χ2v) is 9.86. The highest BCUT2D eigenvalue weighted by molar-refractivity contribution is 6.06. The highest BCUT2D eigenvalue weighted by Gasteiger charge is 2.15. The lowest BCUT2D eigenvalue weighted by Crippen LogP contribution is -1.95. The van der Waals surface area contributed by atoms with Gasteiger partial charge in [0.25, 0.3) is 0 Å². The molecule has 0 radical (unpaired) electrons. The summed E-state index contributed by atoms with van der Waals surface area (Å²) >= 11 is 0. The third kappa shape index (κ3) is 3.86. The lowest BCUT2D eigenvalue weighted by atomic mass is 10.0. The van der Waals surface area contributed by atoms with Crippen LogP contribution >= 0.6 is 0 Å². The molecule has 0 spiro atoms. The maximum absolute atomic E-state index is 6.22. The fraction of sp³-hybridized carbons (Fsp3) is 0. The molecule has 4 heteroatoms. The van der Waals surface area contributed by atoms with Gasteiger partial charge in [0.1, 0.15) is 22.4 Å². The number of para-hydroxylation sites is 2. The lowest BCUT2D eigenvalue weighted by molar-refractivity contribution is 0.628. The number of rotatable bonds is 4. The molecule has 3 heterocycles. The fourth-order valence-electron chi connectivity index (χ4n) is 5.29. The standard InChI is InChI=1S/C36H22N2O2/c1-2-8-23(9-3-1)24-14-16-25(17-15-24)36-37-30(22-31(38-36)35-21-27-10-4-6-12-32(27)39-35)26-18-19-34-29(20-26)28-11-5-7-13-33(28)40-34/h1-22H. The van der Waals surface area contributed by atoms with E-state index >= 15 is 0 Å². The van der Waals surface area contributed by atoms with E-state index in [4.69, 9.17) is 18.8 Å². The second-order valence-electron chi connectivity index (χ2n) is 9.86. The summed E-state index contributed by atoms with van der Waals surface area (Å²) in [6.45, 7) is 0. The van der Waals surface area contributed by atoms with E-state index < -0.39 is 0 Å². The topological polar surface area (TPSA) is 52.1 Å². The normalized spacial score (nSPS) is 11.5. The van der Waals surface area contributed by atoms with E-state index in [9.17, 15) is 0 Å². The Bertz CT molecular complexity index is 2120. The van der Waals surface area contributed by atoms with Gasteiger partial charge >= 0.3 is 0 Å². The van der Waals surface area contributed by atoms with Crippen molar-refractivity contribution in [3.63, 3.8) is 0 Å². The molecule has 0 aliphatic rings. The van der Waals surface area contributed by atoms with Crippen LogP contribution in [-0.4, -0.2) is 9.97 Å². The van der Waals surface area contributed by atoms with E-state index in [1.165, 1.54) is 5.56 Å². The van der Waals surface area contributed by atoms with Crippen LogP contribution in [-0.2, 0) is 0 Å². The molecule has 0 unspecified atom stereocenters. The molecule has 0 atom stereocenters. The zero-order valence-corrected chi connectivity index (χ0v) is 21.4. The van der Waals surface area contributed by atoms with Crippen molar-refractivity contribution in [3.05, 3.63) is 133 Å².